The van der Waals surface area contributed by atoms with E-state index < -0.39 is 63.0 Å². The lowest BCUT2D eigenvalue weighted by Crippen LogP contribution is -2.58. The van der Waals surface area contributed by atoms with Crippen LogP contribution in [0, 0.1) is 11.2 Å². The third-order valence-corrected chi connectivity index (χ3v) is 6.87. The fourth-order valence-electron chi connectivity index (χ4n) is 4.58. The summed E-state index contributed by atoms with van der Waals surface area (Å²) in [6.45, 7) is 1.04. The minimum Gasteiger partial charge on any atom is -0.463 e. The summed E-state index contributed by atoms with van der Waals surface area (Å²) >= 11 is 6.33. The SMILES string of the molecule is [B]C([B])([B])C(CC(=O)Nc1nc2c(cc1Cl)N(Cc1ccc(OC(F)(F)F)c(F)c1)C(=O)C(C)O2)(C([B])([B])[B])C([B])([B])[B]. The molecule has 202 valence electrons. The first kappa shape index (κ1) is 35.0. The van der Waals surface area contributed by atoms with Gasteiger partial charge in [0.2, 0.25) is 11.8 Å². The van der Waals surface area contributed by atoms with Gasteiger partial charge in [-0.1, -0.05) is 23.1 Å². The maximum absolute atomic E-state index is 14.3. The number of hydrogen-bond donors (Lipinski definition) is 1. The van der Waals surface area contributed by atoms with Gasteiger partial charge in [0.1, 0.15) is 5.69 Å². The van der Waals surface area contributed by atoms with Crippen molar-refractivity contribution in [1.29, 1.82) is 0 Å². The molecule has 3 rings (SSSR count). The Morgan fingerprint density at radius 3 is 2.09 bits per heavy atom. The predicted molar refractivity (Wildman–Crippen MR) is 159 cm³/mol. The van der Waals surface area contributed by atoms with E-state index in [1.807, 2.05) is 0 Å². The molecule has 1 atom stereocenters. The maximum atomic E-state index is 14.3. The Kier molecular flexibility index (Phi) is 9.59. The summed E-state index contributed by atoms with van der Waals surface area (Å²) in [6, 6.07) is 3.83. The van der Waals surface area contributed by atoms with Crippen LogP contribution in [0.4, 0.5) is 29.1 Å². The molecular weight excluding hydrogens is 579 g/mol. The van der Waals surface area contributed by atoms with Crippen LogP contribution in [0.1, 0.15) is 18.9 Å². The van der Waals surface area contributed by atoms with E-state index in [0.717, 1.165) is 23.1 Å². The first-order valence-corrected chi connectivity index (χ1v) is 12.4. The smallest absolute Gasteiger partial charge is 0.463 e. The lowest BCUT2D eigenvalue weighted by molar-refractivity contribution is -0.275. The van der Waals surface area contributed by atoms with E-state index in [-0.39, 0.29) is 34.5 Å². The van der Waals surface area contributed by atoms with Gasteiger partial charge in [-0.2, -0.15) is 4.98 Å². The number of nitrogens with zero attached hydrogens (tertiary/aromatic N) is 2. The van der Waals surface area contributed by atoms with Crippen LogP contribution in [0.2, 0.25) is 20.4 Å². The van der Waals surface area contributed by atoms with Crippen molar-refractivity contribution in [2.24, 2.45) is 5.41 Å². The van der Waals surface area contributed by atoms with E-state index in [0.29, 0.717) is 0 Å². The van der Waals surface area contributed by atoms with E-state index in [2.05, 4.69) is 15.0 Å². The molecule has 21 heteroatoms. The summed E-state index contributed by atoms with van der Waals surface area (Å²) in [5.41, 5.74) is -2.39. The van der Waals surface area contributed by atoms with Gasteiger partial charge in [-0.3, -0.25) is 14.5 Å². The van der Waals surface area contributed by atoms with E-state index in [1.165, 1.54) is 13.0 Å². The van der Waals surface area contributed by atoms with Gasteiger partial charge < -0.3 is 14.8 Å². The molecule has 0 bridgehead atoms. The van der Waals surface area contributed by atoms with E-state index in [1.54, 1.807) is 0 Å². The third kappa shape index (κ3) is 7.26. The minimum absolute atomic E-state index is 0.0175. The van der Waals surface area contributed by atoms with E-state index >= 15 is 0 Å². The van der Waals surface area contributed by atoms with Gasteiger partial charge in [-0.15, -0.1) is 28.5 Å². The molecule has 0 saturated carbocycles. The van der Waals surface area contributed by atoms with Crippen LogP contribution in [-0.4, -0.2) is 99.9 Å². The first-order chi connectivity index (χ1) is 19.4. The van der Waals surface area contributed by atoms with Crippen LogP contribution >= 0.6 is 11.6 Å². The third-order valence-electron chi connectivity index (χ3n) is 6.58. The molecule has 18 radical (unpaired) electrons. The number of hydrogen-bond acceptors (Lipinski definition) is 5. The Hall–Kier alpha value is -2.50. The first-order valence-electron chi connectivity index (χ1n) is 12.0. The second kappa shape index (κ2) is 11.8. The molecule has 0 aliphatic carbocycles. The van der Waals surface area contributed by atoms with Crippen molar-refractivity contribution >= 4 is 106 Å². The number of amides is 2. The van der Waals surface area contributed by atoms with Crippen molar-refractivity contribution in [3.63, 3.8) is 0 Å². The molecule has 1 N–H and O–H groups in total. The summed E-state index contributed by atoms with van der Waals surface area (Å²) in [7, 11) is 52.4. The van der Waals surface area contributed by atoms with Gasteiger partial charge in [0, 0.05) is 6.42 Å². The fraction of sp³-hybridized carbons (Fsp3) is 0.409. The Morgan fingerprint density at radius 2 is 1.60 bits per heavy atom. The number of halogens is 5. The van der Waals surface area contributed by atoms with Crippen LogP contribution in [0.5, 0.6) is 11.6 Å². The highest BCUT2D eigenvalue weighted by molar-refractivity contribution is 6.69. The lowest BCUT2D eigenvalue weighted by Gasteiger charge is -2.65. The van der Waals surface area contributed by atoms with Gasteiger partial charge in [0.25, 0.3) is 5.91 Å². The zero-order valence-corrected chi connectivity index (χ0v) is 23.2. The lowest BCUT2D eigenvalue weighted by atomic mass is 9.09. The number of nitrogens with one attached hydrogen (secondary N) is 1. The minimum atomic E-state index is -5.11. The summed E-state index contributed by atoms with van der Waals surface area (Å²) in [5, 5.41) is -5.44. The van der Waals surface area contributed by atoms with Crippen molar-refractivity contribution in [2.45, 2.75) is 47.7 Å². The van der Waals surface area contributed by atoms with E-state index in [4.69, 9.17) is 87.0 Å². The quantitative estimate of drug-likeness (QED) is 0.350. The topological polar surface area (TPSA) is 80.8 Å². The van der Waals surface area contributed by atoms with Crippen molar-refractivity contribution < 1.29 is 36.6 Å². The average molecular weight is 592 g/mol. The van der Waals surface area contributed by atoms with Gasteiger partial charge in [-0.25, -0.2) is 4.39 Å². The predicted octanol–water partition coefficient (Wildman–Crippen LogP) is 1.14. The number of benzene rings is 1. The number of pyridine rings is 1. The summed E-state index contributed by atoms with van der Waals surface area (Å²) in [6.07, 6.45) is -7.19. The number of aromatic nitrogens is 1. The van der Waals surface area contributed by atoms with Crippen molar-refractivity contribution in [2.75, 3.05) is 10.2 Å². The molecule has 1 aromatic carbocycles. The van der Waals surface area contributed by atoms with Crippen molar-refractivity contribution in [3.05, 3.63) is 40.7 Å². The molecule has 1 aliphatic heterocycles. The number of alkyl halides is 3. The number of carbonyl (C=O) groups is 2. The zero-order chi connectivity index (χ0) is 32.9. The van der Waals surface area contributed by atoms with Crippen LogP contribution in [0.25, 0.3) is 0 Å². The Morgan fingerprint density at radius 1 is 1.05 bits per heavy atom. The molecule has 2 aromatic rings. The Labute approximate surface area is 262 Å². The number of ether oxygens (including phenoxy) is 2. The second-order valence-electron chi connectivity index (χ2n) is 10.1. The van der Waals surface area contributed by atoms with Gasteiger partial charge in [-0.05, 0) is 30.7 Å². The normalized spacial score (nSPS) is 16.3. The van der Waals surface area contributed by atoms with Gasteiger partial charge in [0.05, 0.1) is 82.2 Å². The van der Waals surface area contributed by atoms with Crippen LogP contribution in [-0.2, 0) is 16.1 Å². The van der Waals surface area contributed by atoms with Crippen LogP contribution in [0.15, 0.2) is 24.3 Å². The Balaban J connectivity index is 1.94. The van der Waals surface area contributed by atoms with Gasteiger partial charge in [0.15, 0.2) is 23.5 Å². The maximum Gasteiger partial charge on any atom is 0.573 e. The molecule has 2 heterocycles. The fourth-order valence-corrected chi connectivity index (χ4v) is 4.78. The standard InChI is InChI=1S/C22H13B9ClF4N3O4/c1-8-17(41)39(7-9-2-3-13(11(33)4-9)43-22(34,35)36)12-5-10(32)15(38-16(12)42-8)37-14(40)6-18(19(23,24)25,20(26,27)28)21(29,30)31/h2-5,8H,6-7H2,1H3,(H,37,38,40). The van der Waals surface area contributed by atoms with Crippen molar-refractivity contribution in [1.82, 2.24) is 4.98 Å². The van der Waals surface area contributed by atoms with Crippen molar-refractivity contribution in [3.8, 4) is 11.6 Å². The second-order valence-corrected chi connectivity index (χ2v) is 10.5. The highest BCUT2D eigenvalue weighted by Crippen LogP contribution is 2.63. The molecule has 2 amide bonds. The molecule has 7 nitrogen and oxygen atoms in total. The average Bonchev–Trinajstić information content (AvgIpc) is 2.80. The molecule has 1 unspecified atom stereocenters. The van der Waals surface area contributed by atoms with Crippen LogP contribution in [0.3, 0.4) is 0 Å². The molecule has 43 heavy (non-hydrogen) atoms. The zero-order valence-electron chi connectivity index (χ0n) is 22.4. The molecular formula is C22H13B9ClF4N3O4. The monoisotopic (exact) mass is 593 g/mol. The summed E-state index contributed by atoms with van der Waals surface area (Å²) in [4.78, 5) is 31.3. The van der Waals surface area contributed by atoms with Gasteiger partial charge >= 0.3 is 6.36 Å². The summed E-state index contributed by atoms with van der Waals surface area (Å²) < 4.78 is 60.9. The van der Waals surface area contributed by atoms with E-state index in [9.17, 15) is 27.2 Å². The molecule has 0 fully saturated rings. The number of fused-ring (bicyclic) bond motifs is 1. The highest BCUT2D eigenvalue weighted by Gasteiger charge is 2.54. The molecule has 0 spiro atoms. The Bertz CT molecular complexity index is 1380. The molecule has 1 aliphatic rings. The van der Waals surface area contributed by atoms with Crippen LogP contribution < -0.4 is 19.7 Å². The molecule has 0 saturated heterocycles. The molecule has 1 aromatic heterocycles. The number of carbonyl (C=O) groups excluding carboxylic acids is 2. The number of anilines is 2. The summed E-state index contributed by atoms with van der Waals surface area (Å²) in [5.74, 6) is -4.54. The largest absolute Gasteiger partial charge is 0.573 e. The number of rotatable bonds is 9. The highest BCUT2D eigenvalue weighted by atomic mass is 35.5.